The van der Waals surface area contributed by atoms with Crippen LogP contribution in [-0.4, -0.2) is 17.7 Å². The molecule has 0 heterocycles. The molecule has 1 atom stereocenters. The number of rotatable bonds is 5. The van der Waals surface area contributed by atoms with E-state index in [1.54, 1.807) is 6.07 Å². The van der Waals surface area contributed by atoms with Gasteiger partial charge in [-0.2, -0.15) is 0 Å². The van der Waals surface area contributed by atoms with Crippen molar-refractivity contribution in [3.05, 3.63) is 34.9 Å². The second-order valence-electron chi connectivity index (χ2n) is 4.04. The number of carbonyl (C=O) groups excluding carboxylic acids is 2. The first-order valence-corrected chi connectivity index (χ1v) is 5.81. The Morgan fingerprint density at radius 3 is 2.35 bits per heavy atom. The number of Topliss-reactive ketones (excluding diaryl/α,β-unsaturated/α-hetero) is 2. The number of carbonyl (C=O) groups is 2. The molecule has 0 saturated carbocycles. The zero-order chi connectivity index (χ0) is 13.0. The molecule has 0 aliphatic carbocycles. The van der Waals surface area contributed by atoms with Crippen molar-refractivity contribution in [2.24, 2.45) is 0 Å². The van der Waals surface area contributed by atoms with Crippen molar-refractivity contribution in [1.82, 2.24) is 0 Å². The minimum absolute atomic E-state index is 0.342. The number of benzene rings is 1. The van der Waals surface area contributed by atoms with E-state index in [-0.39, 0.29) is 0 Å². The first kappa shape index (κ1) is 13.6. The summed E-state index contributed by atoms with van der Waals surface area (Å²) < 4.78 is 13.5. The third kappa shape index (κ3) is 2.99. The first-order valence-electron chi connectivity index (χ1n) is 5.81. The van der Waals surface area contributed by atoms with Crippen LogP contribution in [0.4, 0.5) is 4.39 Å². The summed E-state index contributed by atoms with van der Waals surface area (Å²) in [5.74, 6) is -1.45. The molecule has 3 heteroatoms. The lowest BCUT2D eigenvalue weighted by Gasteiger charge is -2.10. The van der Waals surface area contributed by atoms with Gasteiger partial charge in [-0.3, -0.25) is 9.59 Å². The Balaban J connectivity index is 3.18. The molecule has 17 heavy (non-hydrogen) atoms. The summed E-state index contributed by atoms with van der Waals surface area (Å²) in [4.78, 5) is 22.8. The van der Waals surface area contributed by atoms with Gasteiger partial charge in [0.05, 0.1) is 0 Å². The zero-order valence-electron chi connectivity index (χ0n) is 10.4. The summed E-state index contributed by atoms with van der Waals surface area (Å²) in [6.45, 7) is 4.96. The molecule has 0 fully saturated rings. The summed E-state index contributed by atoms with van der Waals surface area (Å²) in [6, 6.07) is 5.45. The normalized spacial score (nSPS) is 12.2. The molecule has 1 aromatic rings. The van der Waals surface area contributed by atoms with Crippen molar-refractivity contribution < 1.29 is 14.0 Å². The van der Waals surface area contributed by atoms with Gasteiger partial charge in [0, 0.05) is 5.56 Å². The van der Waals surface area contributed by atoms with Crippen molar-refractivity contribution in [2.75, 3.05) is 0 Å². The van der Waals surface area contributed by atoms with Crippen LogP contribution < -0.4 is 0 Å². The maximum atomic E-state index is 13.5. The summed E-state index contributed by atoms with van der Waals surface area (Å²) in [6.07, 6.45) is -0.607. The molecule has 0 aliphatic heterocycles. The van der Waals surface area contributed by atoms with E-state index in [0.717, 1.165) is 24.5 Å². The quantitative estimate of drug-likeness (QED) is 0.582. The molecular weight excluding hydrogens is 219 g/mol. The third-order valence-corrected chi connectivity index (χ3v) is 2.82. The van der Waals surface area contributed by atoms with Gasteiger partial charge in [-0.1, -0.05) is 26.0 Å². The molecule has 0 aromatic heterocycles. The van der Waals surface area contributed by atoms with Crippen LogP contribution in [0.25, 0.3) is 0 Å². The average Bonchev–Trinajstić information content (AvgIpc) is 2.35. The Morgan fingerprint density at radius 1 is 1.24 bits per heavy atom. The molecule has 0 aliphatic rings. The van der Waals surface area contributed by atoms with Gasteiger partial charge >= 0.3 is 0 Å². The van der Waals surface area contributed by atoms with E-state index in [0.29, 0.717) is 12.0 Å². The van der Waals surface area contributed by atoms with Gasteiger partial charge in [0.15, 0.2) is 5.78 Å². The number of halogens is 1. The highest BCUT2D eigenvalue weighted by atomic mass is 19.1. The zero-order valence-corrected chi connectivity index (χ0v) is 10.4. The van der Waals surface area contributed by atoms with Crippen LogP contribution in [0.15, 0.2) is 18.2 Å². The molecule has 2 nitrogen and oxygen atoms in total. The Labute approximate surface area is 101 Å². The van der Waals surface area contributed by atoms with Gasteiger partial charge in [-0.05, 0) is 37.0 Å². The fourth-order valence-electron chi connectivity index (χ4n) is 1.70. The molecule has 0 amide bonds. The van der Waals surface area contributed by atoms with Crippen LogP contribution in [0.3, 0.4) is 0 Å². The van der Waals surface area contributed by atoms with E-state index in [4.69, 9.17) is 0 Å². The van der Waals surface area contributed by atoms with Crippen molar-refractivity contribution in [1.29, 1.82) is 0 Å². The van der Waals surface area contributed by atoms with Crippen molar-refractivity contribution >= 4 is 11.6 Å². The molecule has 1 unspecified atom stereocenters. The van der Waals surface area contributed by atoms with Gasteiger partial charge in [0.1, 0.15) is 0 Å². The fourth-order valence-corrected chi connectivity index (χ4v) is 1.70. The van der Waals surface area contributed by atoms with Gasteiger partial charge in [0.25, 0.3) is 0 Å². The average molecular weight is 236 g/mol. The minimum Gasteiger partial charge on any atom is -0.296 e. The van der Waals surface area contributed by atoms with E-state index in [1.807, 2.05) is 26.0 Å². The molecule has 1 rings (SSSR count). The monoisotopic (exact) mass is 236 g/mol. The molecule has 0 bridgehead atoms. The van der Waals surface area contributed by atoms with Crippen LogP contribution in [0, 0.1) is 0 Å². The molecular formula is C14H17FO2. The van der Waals surface area contributed by atoms with Gasteiger partial charge in [-0.25, -0.2) is 4.39 Å². The lowest BCUT2D eigenvalue weighted by atomic mass is 9.95. The summed E-state index contributed by atoms with van der Waals surface area (Å²) in [5, 5.41) is 0. The predicted octanol–water partition coefficient (Wildman–Crippen LogP) is 2.92. The topological polar surface area (TPSA) is 34.1 Å². The lowest BCUT2D eigenvalue weighted by Crippen LogP contribution is -2.24. The van der Waals surface area contributed by atoms with Crippen molar-refractivity contribution in [3.63, 3.8) is 0 Å². The Bertz CT molecular complexity index is 438. The maximum Gasteiger partial charge on any atom is 0.220 e. The highest BCUT2D eigenvalue weighted by molar-refractivity contribution is 6.13. The SMILES string of the molecule is CCc1ccc(CC)c(C(=O)C(F)C(C)=O)c1. The second-order valence-corrected chi connectivity index (χ2v) is 4.04. The van der Waals surface area contributed by atoms with Crippen LogP contribution in [0.1, 0.15) is 42.3 Å². The maximum absolute atomic E-state index is 13.5. The Hall–Kier alpha value is -1.51. The van der Waals surface area contributed by atoms with Crippen LogP contribution in [-0.2, 0) is 17.6 Å². The summed E-state index contributed by atoms with van der Waals surface area (Å²) >= 11 is 0. The van der Waals surface area contributed by atoms with Gasteiger partial charge < -0.3 is 0 Å². The van der Waals surface area contributed by atoms with Crippen molar-refractivity contribution in [2.45, 2.75) is 39.8 Å². The smallest absolute Gasteiger partial charge is 0.220 e. The summed E-state index contributed by atoms with van der Waals surface area (Å²) in [5.41, 5.74) is 2.10. The highest BCUT2D eigenvalue weighted by Crippen LogP contribution is 2.17. The second kappa shape index (κ2) is 5.71. The number of alkyl halides is 1. The van der Waals surface area contributed by atoms with E-state index in [9.17, 15) is 14.0 Å². The van der Waals surface area contributed by atoms with Crippen LogP contribution >= 0.6 is 0 Å². The number of ketones is 2. The Morgan fingerprint density at radius 2 is 1.88 bits per heavy atom. The lowest BCUT2D eigenvalue weighted by molar-refractivity contribution is -0.120. The first-order chi connectivity index (χ1) is 8.01. The molecule has 0 N–H and O–H groups in total. The molecule has 0 saturated heterocycles. The number of hydrogen-bond donors (Lipinski definition) is 0. The van der Waals surface area contributed by atoms with E-state index < -0.39 is 17.7 Å². The number of aryl methyl sites for hydroxylation is 2. The molecule has 92 valence electrons. The standard InChI is InChI=1S/C14H17FO2/c1-4-10-6-7-11(5-2)12(8-10)14(17)13(15)9(3)16/h6-8,13H,4-5H2,1-3H3. The van der Waals surface area contributed by atoms with Crippen LogP contribution in [0.5, 0.6) is 0 Å². The molecule has 0 radical (unpaired) electrons. The molecule has 0 spiro atoms. The predicted molar refractivity (Wildman–Crippen MR) is 65.1 cm³/mol. The third-order valence-electron chi connectivity index (χ3n) is 2.82. The highest BCUT2D eigenvalue weighted by Gasteiger charge is 2.25. The largest absolute Gasteiger partial charge is 0.296 e. The van der Waals surface area contributed by atoms with Crippen LogP contribution in [0.2, 0.25) is 0 Å². The van der Waals surface area contributed by atoms with E-state index in [1.165, 1.54) is 0 Å². The fraction of sp³-hybridized carbons (Fsp3) is 0.429. The summed E-state index contributed by atoms with van der Waals surface area (Å²) in [7, 11) is 0. The minimum atomic E-state index is -2.03. The number of hydrogen-bond acceptors (Lipinski definition) is 2. The van der Waals surface area contributed by atoms with E-state index >= 15 is 0 Å². The van der Waals surface area contributed by atoms with Gasteiger partial charge in [0.2, 0.25) is 12.0 Å². The Kier molecular flexibility index (Phi) is 4.55. The van der Waals surface area contributed by atoms with Crippen molar-refractivity contribution in [3.8, 4) is 0 Å². The molecule has 1 aromatic carbocycles. The van der Waals surface area contributed by atoms with Gasteiger partial charge in [-0.15, -0.1) is 0 Å². The van der Waals surface area contributed by atoms with E-state index in [2.05, 4.69) is 0 Å².